The molecule has 1 atom stereocenters. The van der Waals surface area contributed by atoms with Gasteiger partial charge in [0.25, 0.3) is 5.56 Å². The Morgan fingerprint density at radius 2 is 2.00 bits per heavy atom. The number of rotatable bonds is 7. The molecule has 0 spiro atoms. The van der Waals surface area contributed by atoms with Crippen LogP contribution >= 0.6 is 23.4 Å². The van der Waals surface area contributed by atoms with E-state index in [1.807, 2.05) is 13.8 Å². The third-order valence-corrected chi connectivity index (χ3v) is 5.62. The number of hydrogen-bond acceptors (Lipinski definition) is 4. The lowest BCUT2D eigenvalue weighted by atomic mass is 10.1. The number of amides is 1. The molecule has 0 radical (unpaired) electrons. The van der Waals surface area contributed by atoms with Crippen LogP contribution in [0, 0.1) is 5.82 Å². The summed E-state index contributed by atoms with van der Waals surface area (Å²) in [4.78, 5) is 29.8. The Morgan fingerprint density at radius 3 is 2.69 bits per heavy atom. The first-order chi connectivity index (χ1) is 13.9. The van der Waals surface area contributed by atoms with E-state index in [1.165, 1.54) is 23.9 Å². The number of aromatic nitrogens is 2. The van der Waals surface area contributed by atoms with Gasteiger partial charge in [-0.1, -0.05) is 42.4 Å². The zero-order valence-corrected chi connectivity index (χ0v) is 17.7. The van der Waals surface area contributed by atoms with Crippen LogP contribution in [0.3, 0.4) is 0 Å². The van der Waals surface area contributed by atoms with Gasteiger partial charge in [-0.15, -0.1) is 0 Å². The average Bonchev–Trinajstić information content (AvgIpc) is 2.69. The summed E-state index contributed by atoms with van der Waals surface area (Å²) < 4.78 is 14.7. The summed E-state index contributed by atoms with van der Waals surface area (Å²) >= 11 is 7.24. The van der Waals surface area contributed by atoms with Crippen LogP contribution in [-0.2, 0) is 11.3 Å². The van der Waals surface area contributed by atoms with Gasteiger partial charge in [-0.25, -0.2) is 9.37 Å². The molecule has 5 nitrogen and oxygen atoms in total. The second-order valence-corrected chi connectivity index (χ2v) is 8.02. The number of hydrogen-bond donors (Lipinski definition) is 1. The highest BCUT2D eigenvalue weighted by atomic mass is 35.5. The Kier molecular flexibility index (Phi) is 6.92. The molecule has 1 aromatic heterocycles. The normalized spacial score (nSPS) is 12.1. The highest BCUT2D eigenvalue weighted by Gasteiger charge is 2.15. The molecule has 152 valence electrons. The molecule has 0 bridgehead atoms. The summed E-state index contributed by atoms with van der Waals surface area (Å²) in [5.74, 6) is -0.414. The minimum absolute atomic E-state index is 0.105. The average molecular weight is 434 g/mol. The summed E-state index contributed by atoms with van der Waals surface area (Å²) in [6, 6.07) is 10.7. The van der Waals surface area contributed by atoms with Crippen molar-refractivity contribution in [3.05, 3.63) is 69.2 Å². The van der Waals surface area contributed by atoms with Crippen molar-refractivity contribution in [2.75, 3.05) is 5.75 Å². The molecule has 0 aliphatic rings. The van der Waals surface area contributed by atoms with Gasteiger partial charge in [-0.05, 0) is 49.2 Å². The highest BCUT2D eigenvalue weighted by molar-refractivity contribution is 7.99. The molecule has 0 aliphatic heterocycles. The van der Waals surface area contributed by atoms with Gasteiger partial charge < -0.3 is 5.32 Å². The van der Waals surface area contributed by atoms with E-state index in [9.17, 15) is 14.0 Å². The van der Waals surface area contributed by atoms with Gasteiger partial charge in [0.15, 0.2) is 5.16 Å². The van der Waals surface area contributed by atoms with E-state index in [0.717, 1.165) is 12.0 Å². The minimum atomic E-state index is -0.320. The fourth-order valence-electron chi connectivity index (χ4n) is 2.95. The summed E-state index contributed by atoms with van der Waals surface area (Å²) in [5.41, 5.74) is 1.18. The highest BCUT2D eigenvalue weighted by Crippen LogP contribution is 2.21. The number of benzene rings is 2. The van der Waals surface area contributed by atoms with Crippen molar-refractivity contribution in [3.8, 4) is 0 Å². The molecule has 0 fully saturated rings. The molecular weight excluding hydrogens is 413 g/mol. The van der Waals surface area contributed by atoms with E-state index in [-0.39, 0.29) is 29.1 Å². The van der Waals surface area contributed by atoms with Crippen LogP contribution in [0.5, 0.6) is 0 Å². The van der Waals surface area contributed by atoms with Crippen molar-refractivity contribution in [2.24, 2.45) is 0 Å². The van der Waals surface area contributed by atoms with Crippen molar-refractivity contribution >= 4 is 40.2 Å². The predicted molar refractivity (Wildman–Crippen MR) is 115 cm³/mol. The van der Waals surface area contributed by atoms with Crippen molar-refractivity contribution in [1.29, 1.82) is 0 Å². The molecule has 2 aromatic carbocycles. The first kappa shape index (κ1) is 21.3. The van der Waals surface area contributed by atoms with Crippen LogP contribution < -0.4 is 10.9 Å². The molecule has 29 heavy (non-hydrogen) atoms. The number of nitrogens with zero attached hydrogens (tertiary/aromatic N) is 2. The summed E-state index contributed by atoms with van der Waals surface area (Å²) in [7, 11) is 0. The fraction of sp³-hybridized carbons (Fsp3) is 0.286. The molecule has 0 aliphatic carbocycles. The van der Waals surface area contributed by atoms with E-state index >= 15 is 0 Å². The standard InChI is InChI=1S/C21H21ClFN3O2S/c1-3-10-26-20(28)17-9-6-15(22)11-18(17)25-21(26)29-12-19(27)24-13(2)14-4-7-16(23)8-5-14/h4-9,11,13H,3,10,12H2,1-2H3,(H,24,27). The molecule has 3 rings (SSSR count). The Balaban J connectivity index is 1.76. The third kappa shape index (κ3) is 5.16. The molecule has 0 saturated carbocycles. The van der Waals surface area contributed by atoms with Crippen molar-refractivity contribution in [1.82, 2.24) is 14.9 Å². The Labute approximate surface area is 177 Å². The van der Waals surface area contributed by atoms with Gasteiger partial charge in [0, 0.05) is 11.6 Å². The lowest BCUT2D eigenvalue weighted by Crippen LogP contribution is -2.29. The Hall–Kier alpha value is -2.38. The largest absolute Gasteiger partial charge is 0.349 e. The van der Waals surface area contributed by atoms with Crippen molar-refractivity contribution < 1.29 is 9.18 Å². The maximum absolute atomic E-state index is 13.1. The second kappa shape index (κ2) is 9.41. The van der Waals surface area contributed by atoms with E-state index in [2.05, 4.69) is 10.3 Å². The van der Waals surface area contributed by atoms with Crippen LogP contribution in [0.4, 0.5) is 4.39 Å². The predicted octanol–water partition coefficient (Wildman–Crippen LogP) is 4.57. The molecule has 1 heterocycles. The third-order valence-electron chi connectivity index (χ3n) is 4.41. The first-order valence-electron chi connectivity index (χ1n) is 9.26. The van der Waals surface area contributed by atoms with Crippen LogP contribution in [0.15, 0.2) is 52.4 Å². The Bertz CT molecular complexity index is 1090. The topological polar surface area (TPSA) is 64.0 Å². The van der Waals surface area contributed by atoms with Crippen LogP contribution in [0.2, 0.25) is 5.02 Å². The van der Waals surface area contributed by atoms with Gasteiger partial charge in [-0.3, -0.25) is 14.2 Å². The smallest absolute Gasteiger partial charge is 0.262 e. The number of nitrogens with one attached hydrogen (secondary N) is 1. The maximum atomic E-state index is 13.1. The fourth-order valence-corrected chi connectivity index (χ4v) is 3.96. The lowest BCUT2D eigenvalue weighted by Gasteiger charge is -2.15. The molecule has 1 N–H and O–H groups in total. The van der Waals surface area contributed by atoms with Gasteiger partial charge in [0.05, 0.1) is 22.7 Å². The van der Waals surface area contributed by atoms with Crippen LogP contribution in [0.25, 0.3) is 10.9 Å². The molecule has 1 unspecified atom stereocenters. The second-order valence-electron chi connectivity index (χ2n) is 6.64. The maximum Gasteiger partial charge on any atom is 0.262 e. The molecule has 0 saturated heterocycles. The van der Waals surface area contributed by atoms with E-state index in [0.29, 0.717) is 27.6 Å². The lowest BCUT2D eigenvalue weighted by molar-refractivity contribution is -0.119. The van der Waals surface area contributed by atoms with E-state index in [1.54, 1.807) is 34.9 Å². The van der Waals surface area contributed by atoms with Crippen molar-refractivity contribution in [2.45, 2.75) is 38.0 Å². The van der Waals surface area contributed by atoms with E-state index < -0.39 is 0 Å². The van der Waals surface area contributed by atoms with Crippen molar-refractivity contribution in [3.63, 3.8) is 0 Å². The number of carbonyl (C=O) groups is 1. The molecule has 1 amide bonds. The summed E-state index contributed by atoms with van der Waals surface area (Å²) in [5, 5.41) is 4.36. The zero-order chi connectivity index (χ0) is 21.0. The first-order valence-corrected chi connectivity index (χ1v) is 10.6. The number of carbonyl (C=O) groups excluding carboxylic acids is 1. The van der Waals surface area contributed by atoms with Gasteiger partial charge >= 0.3 is 0 Å². The van der Waals surface area contributed by atoms with Crippen LogP contribution in [0.1, 0.15) is 31.9 Å². The van der Waals surface area contributed by atoms with Gasteiger partial charge in [0.1, 0.15) is 5.82 Å². The van der Waals surface area contributed by atoms with Gasteiger partial charge in [-0.2, -0.15) is 0 Å². The zero-order valence-electron chi connectivity index (χ0n) is 16.1. The summed E-state index contributed by atoms with van der Waals surface area (Å²) in [6.07, 6.45) is 0.766. The molecule has 3 aromatic rings. The number of halogens is 2. The minimum Gasteiger partial charge on any atom is -0.349 e. The summed E-state index contributed by atoms with van der Waals surface area (Å²) in [6.45, 7) is 4.32. The molecular formula is C21H21ClFN3O2S. The Morgan fingerprint density at radius 1 is 1.28 bits per heavy atom. The monoisotopic (exact) mass is 433 g/mol. The number of fused-ring (bicyclic) bond motifs is 1. The van der Waals surface area contributed by atoms with Gasteiger partial charge in [0.2, 0.25) is 5.91 Å². The van der Waals surface area contributed by atoms with Crippen LogP contribution in [-0.4, -0.2) is 21.2 Å². The SMILES string of the molecule is CCCn1c(SCC(=O)NC(C)c2ccc(F)cc2)nc2cc(Cl)ccc2c1=O. The number of thioether (sulfide) groups is 1. The van der Waals surface area contributed by atoms with E-state index in [4.69, 9.17) is 11.6 Å². The quantitative estimate of drug-likeness (QED) is 0.438. The molecule has 8 heteroatoms.